The Morgan fingerprint density at radius 2 is 1.84 bits per heavy atom. The fourth-order valence-corrected chi connectivity index (χ4v) is 2.86. The Labute approximate surface area is 153 Å². The maximum Gasteiger partial charge on any atom is 0.242 e. The second-order valence-corrected chi connectivity index (χ2v) is 7.20. The monoisotopic (exact) mass is 349 g/mol. The molecule has 1 heterocycles. The van der Waals surface area contributed by atoms with Gasteiger partial charge < -0.3 is 14.4 Å². The first kappa shape index (κ1) is 21.3. The van der Waals surface area contributed by atoms with E-state index in [1.807, 2.05) is 41.8 Å². The topological polar surface area (TPSA) is 45.6 Å². The minimum atomic E-state index is 0.0354. The molecular formula is C20H35N3O2. The molecule has 0 spiro atoms. The van der Waals surface area contributed by atoms with E-state index in [-0.39, 0.29) is 18.4 Å². The zero-order chi connectivity index (χ0) is 18.8. The molecular weight excluding hydrogens is 314 g/mol. The van der Waals surface area contributed by atoms with E-state index in [1.54, 1.807) is 4.90 Å². The molecule has 0 saturated carbocycles. The van der Waals surface area contributed by atoms with Crippen LogP contribution in [-0.2, 0) is 23.2 Å². The van der Waals surface area contributed by atoms with Crippen LogP contribution in [0.15, 0.2) is 18.3 Å². The molecule has 0 N–H and O–H groups in total. The van der Waals surface area contributed by atoms with Crippen LogP contribution < -0.4 is 0 Å². The van der Waals surface area contributed by atoms with Gasteiger partial charge in [0.2, 0.25) is 11.8 Å². The summed E-state index contributed by atoms with van der Waals surface area (Å²) >= 11 is 0. The molecule has 0 bridgehead atoms. The Bertz CT molecular complexity index is 537. The average Bonchev–Trinajstić information content (AvgIpc) is 2.96. The number of hydrogen-bond acceptors (Lipinski definition) is 2. The molecule has 1 aromatic heterocycles. The summed E-state index contributed by atoms with van der Waals surface area (Å²) in [7, 11) is 1.99. The van der Waals surface area contributed by atoms with Crippen LogP contribution in [0, 0.1) is 5.92 Å². The first-order valence-electron chi connectivity index (χ1n) is 9.54. The molecule has 0 radical (unpaired) electrons. The van der Waals surface area contributed by atoms with Gasteiger partial charge >= 0.3 is 0 Å². The lowest BCUT2D eigenvalue weighted by Crippen LogP contribution is -2.44. The maximum atomic E-state index is 12.9. The molecule has 2 amide bonds. The van der Waals surface area contributed by atoms with Crippen LogP contribution in [0.5, 0.6) is 0 Å². The Morgan fingerprint density at radius 1 is 1.12 bits per heavy atom. The Hall–Kier alpha value is -1.78. The largest absolute Gasteiger partial charge is 0.353 e. The summed E-state index contributed by atoms with van der Waals surface area (Å²) in [6.45, 7) is 10.5. The molecule has 142 valence electrons. The zero-order valence-corrected chi connectivity index (χ0v) is 16.6. The van der Waals surface area contributed by atoms with Gasteiger partial charge in [0.15, 0.2) is 0 Å². The van der Waals surface area contributed by atoms with Crippen LogP contribution in [0.4, 0.5) is 0 Å². The highest BCUT2D eigenvalue weighted by atomic mass is 16.2. The zero-order valence-electron chi connectivity index (χ0n) is 16.6. The Balaban J connectivity index is 2.79. The van der Waals surface area contributed by atoms with E-state index in [2.05, 4.69) is 20.8 Å². The average molecular weight is 350 g/mol. The van der Waals surface area contributed by atoms with Crippen molar-refractivity contribution in [3.63, 3.8) is 0 Å². The molecule has 5 heteroatoms. The number of carbonyl (C=O) groups excluding carboxylic acids is 2. The lowest BCUT2D eigenvalue weighted by Gasteiger charge is -2.29. The Kier molecular flexibility index (Phi) is 9.32. The normalized spacial score (nSPS) is 11.0. The van der Waals surface area contributed by atoms with Crippen LogP contribution in [0.1, 0.15) is 59.1 Å². The molecule has 0 aromatic carbocycles. The molecule has 0 atom stereocenters. The first-order valence-corrected chi connectivity index (χ1v) is 9.54. The van der Waals surface area contributed by atoms with E-state index in [9.17, 15) is 9.59 Å². The van der Waals surface area contributed by atoms with Gasteiger partial charge in [0.05, 0.1) is 13.1 Å². The van der Waals surface area contributed by atoms with Crippen LogP contribution in [0.2, 0.25) is 0 Å². The third kappa shape index (κ3) is 7.32. The molecule has 0 saturated heterocycles. The molecule has 1 aromatic rings. The van der Waals surface area contributed by atoms with Crippen molar-refractivity contribution in [3.8, 4) is 0 Å². The van der Waals surface area contributed by atoms with E-state index in [1.165, 1.54) is 0 Å². The molecule has 1 rings (SSSR count). The van der Waals surface area contributed by atoms with E-state index in [4.69, 9.17) is 0 Å². The third-order valence-electron chi connectivity index (χ3n) is 4.26. The summed E-state index contributed by atoms with van der Waals surface area (Å²) in [5, 5.41) is 0. The van der Waals surface area contributed by atoms with Gasteiger partial charge in [-0.1, -0.05) is 34.1 Å². The van der Waals surface area contributed by atoms with Crippen molar-refractivity contribution < 1.29 is 9.59 Å². The highest BCUT2D eigenvalue weighted by Gasteiger charge is 2.21. The van der Waals surface area contributed by atoms with Crippen LogP contribution in [0.3, 0.4) is 0 Å². The van der Waals surface area contributed by atoms with Crippen molar-refractivity contribution in [1.82, 2.24) is 14.4 Å². The highest BCUT2D eigenvalue weighted by Crippen LogP contribution is 2.10. The predicted octanol–water partition coefficient (Wildman–Crippen LogP) is 3.44. The predicted molar refractivity (Wildman–Crippen MR) is 102 cm³/mol. The van der Waals surface area contributed by atoms with Gasteiger partial charge in [-0.25, -0.2) is 0 Å². The molecule has 0 unspecified atom stereocenters. The van der Waals surface area contributed by atoms with E-state index < -0.39 is 0 Å². The second kappa shape index (κ2) is 11.0. The van der Waals surface area contributed by atoms with E-state index in [0.717, 1.165) is 25.0 Å². The van der Waals surface area contributed by atoms with E-state index in [0.29, 0.717) is 32.0 Å². The number of amides is 2. The fraction of sp³-hybridized carbons (Fsp3) is 0.700. The van der Waals surface area contributed by atoms with Gasteiger partial charge in [0.25, 0.3) is 0 Å². The van der Waals surface area contributed by atoms with E-state index >= 15 is 0 Å². The lowest BCUT2D eigenvalue weighted by molar-refractivity contribution is -0.141. The van der Waals surface area contributed by atoms with Crippen molar-refractivity contribution >= 4 is 11.8 Å². The van der Waals surface area contributed by atoms with Gasteiger partial charge in [-0.05, 0) is 30.9 Å². The molecule has 0 aliphatic rings. The van der Waals surface area contributed by atoms with Crippen LogP contribution in [-0.4, -0.2) is 45.8 Å². The quantitative estimate of drug-likeness (QED) is 0.614. The van der Waals surface area contributed by atoms with Crippen molar-refractivity contribution in [3.05, 3.63) is 24.0 Å². The van der Waals surface area contributed by atoms with Gasteiger partial charge in [0, 0.05) is 38.4 Å². The fourth-order valence-electron chi connectivity index (χ4n) is 2.86. The number of unbranched alkanes of at least 4 members (excludes halogenated alkanes) is 1. The van der Waals surface area contributed by atoms with Crippen molar-refractivity contribution in [2.45, 2.75) is 59.9 Å². The standard InChI is InChI=1S/C20H35N3O2/c1-6-8-11-19(24)22(12-7-2)16-20(25)23(14-17(3)4)15-18-10-9-13-21(18)5/h9-10,13,17H,6-8,11-12,14-16H2,1-5H3. The highest BCUT2D eigenvalue weighted by molar-refractivity contribution is 5.84. The van der Waals surface area contributed by atoms with Crippen LogP contribution in [0.25, 0.3) is 0 Å². The van der Waals surface area contributed by atoms with Crippen molar-refractivity contribution in [2.75, 3.05) is 19.6 Å². The number of nitrogens with zero attached hydrogens (tertiary/aromatic N) is 3. The molecule has 0 aliphatic carbocycles. The van der Waals surface area contributed by atoms with Crippen LogP contribution >= 0.6 is 0 Å². The van der Waals surface area contributed by atoms with Gasteiger partial charge in [0.1, 0.15) is 0 Å². The minimum absolute atomic E-state index is 0.0354. The number of rotatable bonds is 11. The number of aromatic nitrogens is 1. The molecule has 5 nitrogen and oxygen atoms in total. The third-order valence-corrected chi connectivity index (χ3v) is 4.26. The number of carbonyl (C=O) groups is 2. The summed E-state index contributed by atoms with van der Waals surface area (Å²) in [6, 6.07) is 4.03. The summed E-state index contributed by atoms with van der Waals surface area (Å²) in [5.74, 6) is 0.522. The van der Waals surface area contributed by atoms with Gasteiger partial charge in [-0.3, -0.25) is 9.59 Å². The summed E-state index contributed by atoms with van der Waals surface area (Å²) in [6.07, 6.45) is 5.27. The number of hydrogen-bond donors (Lipinski definition) is 0. The summed E-state index contributed by atoms with van der Waals surface area (Å²) in [5.41, 5.74) is 1.10. The number of aryl methyl sites for hydroxylation is 1. The second-order valence-electron chi connectivity index (χ2n) is 7.20. The summed E-state index contributed by atoms with van der Waals surface area (Å²) in [4.78, 5) is 28.9. The van der Waals surface area contributed by atoms with Gasteiger partial charge in [-0.2, -0.15) is 0 Å². The first-order chi connectivity index (χ1) is 11.9. The van der Waals surface area contributed by atoms with Gasteiger partial charge in [-0.15, -0.1) is 0 Å². The molecule has 0 aliphatic heterocycles. The Morgan fingerprint density at radius 3 is 2.36 bits per heavy atom. The minimum Gasteiger partial charge on any atom is -0.353 e. The summed E-state index contributed by atoms with van der Waals surface area (Å²) < 4.78 is 2.04. The maximum absolute atomic E-state index is 12.9. The lowest BCUT2D eigenvalue weighted by atomic mass is 10.2. The van der Waals surface area contributed by atoms with Crippen molar-refractivity contribution in [1.29, 1.82) is 0 Å². The van der Waals surface area contributed by atoms with Crippen molar-refractivity contribution in [2.24, 2.45) is 13.0 Å². The smallest absolute Gasteiger partial charge is 0.242 e. The SMILES string of the molecule is CCCCC(=O)N(CCC)CC(=O)N(Cc1cccn1C)CC(C)C. The molecule has 25 heavy (non-hydrogen) atoms. The molecule has 0 fully saturated rings.